The molecule has 0 aromatic heterocycles. The molecule has 0 saturated carbocycles. The second-order valence-corrected chi connectivity index (χ2v) is 6.08. The molecule has 2 rings (SSSR count). The van der Waals surface area contributed by atoms with Gasteiger partial charge in [-0.1, -0.05) is 19.1 Å². The molecule has 1 aromatic rings. The van der Waals surface area contributed by atoms with Crippen molar-refractivity contribution in [3.05, 3.63) is 46.5 Å². The normalized spacial score (nSPS) is 17.0. The second kappa shape index (κ2) is 7.30. The third-order valence-electron chi connectivity index (χ3n) is 3.70. The number of amides is 2. The van der Waals surface area contributed by atoms with E-state index in [-0.39, 0.29) is 11.5 Å². The number of carbonyl (C=O) groups is 2. The van der Waals surface area contributed by atoms with Crippen LogP contribution >= 0.6 is 11.8 Å². The standard InChI is InChI=1S/C18H18N2O2S/c1-4-9-20-17(21)15(12(2)16(11-19)18(20)22)10-13-5-7-14(23-3)8-6-13/h5-8,10H,4,9H2,1-3H3/b15-10+. The number of benzene rings is 1. The summed E-state index contributed by atoms with van der Waals surface area (Å²) in [6, 6.07) is 9.74. The SMILES string of the molecule is CCCN1C(=O)C(C#N)=C(C)/C(=C\c2ccc(SC)cc2)C1=O. The highest BCUT2D eigenvalue weighted by atomic mass is 32.2. The van der Waals surface area contributed by atoms with Gasteiger partial charge >= 0.3 is 0 Å². The number of imide groups is 1. The van der Waals surface area contributed by atoms with E-state index in [4.69, 9.17) is 0 Å². The van der Waals surface area contributed by atoms with Crippen LogP contribution in [0.1, 0.15) is 25.8 Å². The van der Waals surface area contributed by atoms with Crippen LogP contribution in [0.2, 0.25) is 0 Å². The van der Waals surface area contributed by atoms with Gasteiger partial charge in [-0.15, -0.1) is 11.8 Å². The summed E-state index contributed by atoms with van der Waals surface area (Å²) >= 11 is 1.64. The molecule has 0 aliphatic carbocycles. The van der Waals surface area contributed by atoms with Crippen molar-refractivity contribution < 1.29 is 9.59 Å². The minimum atomic E-state index is -0.494. The molecule has 1 aliphatic heterocycles. The van der Waals surface area contributed by atoms with E-state index in [9.17, 15) is 14.9 Å². The van der Waals surface area contributed by atoms with E-state index in [2.05, 4.69) is 0 Å². The van der Waals surface area contributed by atoms with Crippen LogP contribution in [0, 0.1) is 11.3 Å². The first kappa shape index (κ1) is 17.0. The monoisotopic (exact) mass is 326 g/mol. The fraction of sp³-hybridized carbons (Fsp3) is 0.278. The molecule has 0 atom stereocenters. The lowest BCUT2D eigenvalue weighted by molar-refractivity contribution is -0.140. The van der Waals surface area contributed by atoms with Gasteiger partial charge in [-0.25, -0.2) is 0 Å². The largest absolute Gasteiger partial charge is 0.274 e. The van der Waals surface area contributed by atoms with Crippen LogP contribution in [0.4, 0.5) is 0 Å². The lowest BCUT2D eigenvalue weighted by Crippen LogP contribution is -2.43. The summed E-state index contributed by atoms with van der Waals surface area (Å²) in [5, 5.41) is 9.26. The Hall–Kier alpha value is -2.32. The maximum absolute atomic E-state index is 12.6. The van der Waals surface area contributed by atoms with Gasteiger partial charge in [0.2, 0.25) is 0 Å². The summed E-state index contributed by atoms with van der Waals surface area (Å²) in [7, 11) is 0. The predicted octanol–water partition coefficient (Wildman–Crippen LogP) is 3.41. The molecule has 0 bridgehead atoms. The number of hydrogen-bond donors (Lipinski definition) is 0. The smallest absolute Gasteiger partial charge is 0.271 e. The van der Waals surface area contributed by atoms with Gasteiger partial charge in [0, 0.05) is 17.0 Å². The van der Waals surface area contributed by atoms with E-state index in [1.165, 1.54) is 0 Å². The fourth-order valence-electron chi connectivity index (χ4n) is 2.42. The number of rotatable bonds is 4. The molecule has 0 fully saturated rings. The molecule has 1 aliphatic rings. The van der Waals surface area contributed by atoms with Crippen LogP contribution in [0.15, 0.2) is 45.9 Å². The number of nitrogens with zero attached hydrogens (tertiary/aromatic N) is 2. The Morgan fingerprint density at radius 2 is 1.87 bits per heavy atom. The quantitative estimate of drug-likeness (QED) is 0.483. The number of hydrogen-bond acceptors (Lipinski definition) is 4. The highest BCUT2D eigenvalue weighted by molar-refractivity contribution is 7.98. The number of thioether (sulfide) groups is 1. The van der Waals surface area contributed by atoms with Crippen LogP contribution in [-0.2, 0) is 9.59 Å². The first-order chi connectivity index (χ1) is 11.0. The lowest BCUT2D eigenvalue weighted by atomic mass is 9.93. The Labute approximate surface area is 140 Å². The maximum atomic E-state index is 12.6. The third kappa shape index (κ3) is 3.38. The summed E-state index contributed by atoms with van der Waals surface area (Å²) in [4.78, 5) is 27.2. The van der Waals surface area contributed by atoms with Crippen molar-refractivity contribution >= 4 is 29.7 Å². The maximum Gasteiger partial charge on any atom is 0.271 e. The van der Waals surface area contributed by atoms with Crippen LogP contribution in [0.5, 0.6) is 0 Å². The molecule has 1 aromatic carbocycles. The minimum absolute atomic E-state index is 0.0463. The molecule has 5 heteroatoms. The average Bonchev–Trinajstić information content (AvgIpc) is 2.56. The van der Waals surface area contributed by atoms with E-state index >= 15 is 0 Å². The number of carbonyl (C=O) groups excluding carboxylic acids is 2. The second-order valence-electron chi connectivity index (χ2n) is 5.20. The minimum Gasteiger partial charge on any atom is -0.274 e. The zero-order chi connectivity index (χ0) is 17.0. The average molecular weight is 326 g/mol. The van der Waals surface area contributed by atoms with Gasteiger partial charge in [0.1, 0.15) is 11.6 Å². The molecule has 0 saturated heterocycles. The van der Waals surface area contributed by atoms with Crippen LogP contribution < -0.4 is 0 Å². The Morgan fingerprint density at radius 1 is 1.22 bits per heavy atom. The number of nitriles is 1. The van der Waals surface area contributed by atoms with Crippen molar-refractivity contribution in [1.29, 1.82) is 5.26 Å². The molecule has 2 amide bonds. The van der Waals surface area contributed by atoms with Gasteiger partial charge in [0.05, 0.1) is 0 Å². The molecule has 1 heterocycles. The van der Waals surface area contributed by atoms with Gasteiger partial charge in [-0.05, 0) is 48.9 Å². The topological polar surface area (TPSA) is 61.2 Å². The van der Waals surface area contributed by atoms with Crippen molar-refractivity contribution in [2.24, 2.45) is 0 Å². The Morgan fingerprint density at radius 3 is 2.39 bits per heavy atom. The van der Waals surface area contributed by atoms with Crippen LogP contribution in [-0.4, -0.2) is 29.5 Å². The Bertz CT molecular complexity index is 739. The summed E-state index contributed by atoms with van der Waals surface area (Å²) < 4.78 is 0. The zero-order valence-electron chi connectivity index (χ0n) is 13.4. The van der Waals surface area contributed by atoms with E-state index < -0.39 is 5.91 Å². The van der Waals surface area contributed by atoms with Gasteiger partial charge < -0.3 is 0 Å². The lowest BCUT2D eigenvalue weighted by Gasteiger charge is -2.27. The molecule has 0 radical (unpaired) electrons. The molecule has 23 heavy (non-hydrogen) atoms. The third-order valence-corrected chi connectivity index (χ3v) is 4.44. The van der Waals surface area contributed by atoms with Crippen LogP contribution in [0.3, 0.4) is 0 Å². The van der Waals surface area contributed by atoms with Crippen molar-refractivity contribution in [3.63, 3.8) is 0 Å². The summed E-state index contributed by atoms with van der Waals surface area (Å²) in [5.41, 5.74) is 1.77. The summed E-state index contributed by atoms with van der Waals surface area (Å²) in [6.45, 7) is 3.86. The first-order valence-electron chi connectivity index (χ1n) is 7.36. The van der Waals surface area contributed by atoms with Crippen molar-refractivity contribution in [1.82, 2.24) is 4.90 Å². The Balaban J connectivity index is 2.51. The molecular weight excluding hydrogens is 308 g/mol. The first-order valence-corrected chi connectivity index (χ1v) is 8.59. The summed E-state index contributed by atoms with van der Waals surface area (Å²) in [6.07, 6.45) is 4.40. The Kier molecular flexibility index (Phi) is 5.41. The van der Waals surface area contributed by atoms with Gasteiger partial charge in [0.25, 0.3) is 11.8 Å². The molecule has 0 N–H and O–H groups in total. The van der Waals surface area contributed by atoms with E-state index in [0.29, 0.717) is 24.1 Å². The van der Waals surface area contributed by atoms with E-state index in [0.717, 1.165) is 15.4 Å². The van der Waals surface area contributed by atoms with Crippen molar-refractivity contribution in [2.45, 2.75) is 25.2 Å². The molecular formula is C18H18N2O2S. The van der Waals surface area contributed by atoms with Gasteiger partial charge in [-0.2, -0.15) is 5.26 Å². The fourth-order valence-corrected chi connectivity index (χ4v) is 2.83. The van der Waals surface area contributed by atoms with Crippen molar-refractivity contribution in [2.75, 3.05) is 12.8 Å². The summed E-state index contributed by atoms with van der Waals surface area (Å²) in [5.74, 6) is -0.825. The molecule has 0 unspecified atom stereocenters. The highest BCUT2D eigenvalue weighted by Crippen LogP contribution is 2.27. The van der Waals surface area contributed by atoms with E-state index in [1.54, 1.807) is 24.8 Å². The highest BCUT2D eigenvalue weighted by Gasteiger charge is 2.34. The van der Waals surface area contributed by atoms with E-state index in [1.807, 2.05) is 43.5 Å². The molecule has 4 nitrogen and oxygen atoms in total. The van der Waals surface area contributed by atoms with Gasteiger partial charge in [0.15, 0.2) is 0 Å². The van der Waals surface area contributed by atoms with Gasteiger partial charge in [-0.3, -0.25) is 14.5 Å². The van der Waals surface area contributed by atoms with Crippen molar-refractivity contribution in [3.8, 4) is 6.07 Å². The van der Waals surface area contributed by atoms with Crippen LogP contribution in [0.25, 0.3) is 6.08 Å². The zero-order valence-corrected chi connectivity index (χ0v) is 14.2. The molecule has 0 spiro atoms. The molecule has 118 valence electrons. The predicted molar refractivity (Wildman–Crippen MR) is 91.5 cm³/mol.